The summed E-state index contributed by atoms with van der Waals surface area (Å²) < 4.78 is 36.1. The highest BCUT2D eigenvalue weighted by Crippen LogP contribution is 2.20. The number of hydrogen-bond donors (Lipinski definition) is 1. The maximum absolute atomic E-state index is 12.0. The monoisotopic (exact) mass is 281 g/mol. The van der Waals surface area contributed by atoms with Gasteiger partial charge < -0.3 is 10.2 Å². The second-order valence-electron chi connectivity index (χ2n) is 4.12. The van der Waals surface area contributed by atoms with Crippen LogP contribution in [0.15, 0.2) is 5.38 Å². The molecule has 0 spiro atoms. The minimum atomic E-state index is -4.09. The smallest absolute Gasteiger partial charge is 0.311 e. The van der Waals surface area contributed by atoms with Gasteiger partial charge in [-0.1, -0.05) is 6.92 Å². The van der Waals surface area contributed by atoms with E-state index in [0.29, 0.717) is 13.1 Å². The molecule has 0 aliphatic rings. The zero-order valence-electron chi connectivity index (χ0n) is 10.5. The first-order chi connectivity index (χ1) is 8.40. The molecule has 0 aliphatic heterocycles. The number of rotatable bonds is 7. The molecule has 0 unspecified atom stereocenters. The van der Waals surface area contributed by atoms with Crippen molar-refractivity contribution in [3.8, 4) is 0 Å². The quantitative estimate of drug-likeness (QED) is 0.833. The molecule has 1 rings (SSSR count). The Morgan fingerprint density at radius 3 is 2.78 bits per heavy atom. The van der Waals surface area contributed by atoms with E-state index in [2.05, 4.69) is 10.3 Å². The van der Waals surface area contributed by atoms with E-state index in [1.54, 1.807) is 11.9 Å². The first kappa shape index (κ1) is 15.4. The summed E-state index contributed by atoms with van der Waals surface area (Å²) in [6, 6.07) is 0. The fourth-order valence-corrected chi connectivity index (χ4v) is 2.16. The van der Waals surface area contributed by atoms with Crippen molar-refractivity contribution in [2.45, 2.75) is 32.6 Å². The van der Waals surface area contributed by atoms with Gasteiger partial charge in [-0.3, -0.25) is 0 Å². The number of thiazole rings is 1. The zero-order chi connectivity index (χ0) is 13.6. The highest BCUT2D eigenvalue weighted by atomic mass is 32.1. The van der Waals surface area contributed by atoms with E-state index in [9.17, 15) is 13.2 Å². The van der Waals surface area contributed by atoms with Crippen LogP contribution >= 0.6 is 11.3 Å². The first-order valence-electron chi connectivity index (χ1n) is 5.80. The van der Waals surface area contributed by atoms with Crippen LogP contribution in [0.5, 0.6) is 0 Å². The molecule has 0 aromatic carbocycles. The van der Waals surface area contributed by atoms with Crippen LogP contribution in [0.2, 0.25) is 0 Å². The molecule has 0 fully saturated rings. The SMILES string of the molecule is CCNCc1nc(CN(C)CCC(F)(F)F)cs1. The lowest BCUT2D eigenvalue weighted by atomic mass is 10.3. The van der Waals surface area contributed by atoms with Gasteiger partial charge in [-0.15, -0.1) is 11.3 Å². The highest BCUT2D eigenvalue weighted by Gasteiger charge is 2.27. The van der Waals surface area contributed by atoms with Crippen molar-refractivity contribution in [3.05, 3.63) is 16.1 Å². The Bertz CT molecular complexity index is 352. The first-order valence-corrected chi connectivity index (χ1v) is 6.68. The van der Waals surface area contributed by atoms with Crippen molar-refractivity contribution in [2.75, 3.05) is 20.1 Å². The van der Waals surface area contributed by atoms with Crippen LogP contribution in [0, 0.1) is 0 Å². The van der Waals surface area contributed by atoms with Gasteiger partial charge in [0.1, 0.15) is 5.01 Å². The molecule has 104 valence electrons. The number of aromatic nitrogens is 1. The molecule has 3 nitrogen and oxygen atoms in total. The predicted molar refractivity (Wildman–Crippen MR) is 66.5 cm³/mol. The van der Waals surface area contributed by atoms with E-state index in [4.69, 9.17) is 0 Å². The van der Waals surface area contributed by atoms with E-state index in [0.717, 1.165) is 17.2 Å². The lowest BCUT2D eigenvalue weighted by Crippen LogP contribution is -2.24. The van der Waals surface area contributed by atoms with Crippen LogP contribution in [0.25, 0.3) is 0 Å². The van der Waals surface area contributed by atoms with Crippen LogP contribution in [-0.4, -0.2) is 36.2 Å². The normalized spacial score (nSPS) is 12.3. The largest absolute Gasteiger partial charge is 0.390 e. The fraction of sp³-hybridized carbons (Fsp3) is 0.727. The molecule has 0 amide bonds. The maximum Gasteiger partial charge on any atom is 0.390 e. The van der Waals surface area contributed by atoms with Gasteiger partial charge in [0.25, 0.3) is 0 Å². The maximum atomic E-state index is 12.0. The summed E-state index contributed by atoms with van der Waals surface area (Å²) in [5.41, 5.74) is 0.831. The van der Waals surface area contributed by atoms with Crippen LogP contribution in [0.4, 0.5) is 13.2 Å². The summed E-state index contributed by atoms with van der Waals surface area (Å²) in [7, 11) is 1.68. The fourth-order valence-electron chi connectivity index (χ4n) is 1.41. The Hall–Kier alpha value is -0.660. The van der Waals surface area contributed by atoms with E-state index in [-0.39, 0.29) is 6.54 Å². The van der Waals surface area contributed by atoms with Crippen molar-refractivity contribution in [1.29, 1.82) is 0 Å². The summed E-state index contributed by atoms with van der Waals surface area (Å²) in [5.74, 6) is 0. The molecule has 0 saturated carbocycles. The molecule has 0 radical (unpaired) electrons. The molecule has 0 bridgehead atoms. The number of nitrogens with zero attached hydrogens (tertiary/aromatic N) is 2. The van der Waals surface area contributed by atoms with Crippen LogP contribution in [0.1, 0.15) is 24.0 Å². The van der Waals surface area contributed by atoms with E-state index < -0.39 is 12.6 Å². The minimum Gasteiger partial charge on any atom is -0.311 e. The highest BCUT2D eigenvalue weighted by molar-refractivity contribution is 7.09. The summed E-state index contributed by atoms with van der Waals surface area (Å²) in [4.78, 5) is 6.00. The van der Waals surface area contributed by atoms with Crippen molar-refractivity contribution in [3.63, 3.8) is 0 Å². The summed E-state index contributed by atoms with van der Waals surface area (Å²) in [5, 5.41) is 6.03. The summed E-state index contributed by atoms with van der Waals surface area (Å²) in [6.07, 6.45) is -4.87. The van der Waals surface area contributed by atoms with Gasteiger partial charge >= 0.3 is 6.18 Å². The van der Waals surface area contributed by atoms with Gasteiger partial charge in [-0.25, -0.2) is 4.98 Å². The van der Waals surface area contributed by atoms with Gasteiger partial charge in [-0.05, 0) is 13.6 Å². The van der Waals surface area contributed by atoms with E-state index in [1.807, 2.05) is 12.3 Å². The second-order valence-corrected chi connectivity index (χ2v) is 5.06. The lowest BCUT2D eigenvalue weighted by Gasteiger charge is -2.16. The van der Waals surface area contributed by atoms with Crippen molar-refractivity contribution < 1.29 is 13.2 Å². The van der Waals surface area contributed by atoms with Crippen LogP contribution in [-0.2, 0) is 13.1 Å². The van der Waals surface area contributed by atoms with Gasteiger partial charge in [0.15, 0.2) is 0 Å². The number of halogens is 3. The Balaban J connectivity index is 2.35. The Morgan fingerprint density at radius 2 is 2.17 bits per heavy atom. The number of nitrogens with one attached hydrogen (secondary N) is 1. The minimum absolute atomic E-state index is 0.00354. The molecule has 0 saturated heterocycles. The molecular formula is C11H18F3N3S. The summed E-state index contributed by atoms with van der Waals surface area (Å²) in [6.45, 7) is 4.07. The third-order valence-electron chi connectivity index (χ3n) is 2.33. The Labute approximate surface area is 109 Å². The summed E-state index contributed by atoms with van der Waals surface area (Å²) >= 11 is 1.53. The van der Waals surface area contributed by atoms with Gasteiger partial charge in [-0.2, -0.15) is 13.2 Å². The van der Waals surface area contributed by atoms with Crippen molar-refractivity contribution in [2.24, 2.45) is 0 Å². The molecule has 1 heterocycles. The lowest BCUT2D eigenvalue weighted by molar-refractivity contribution is -0.137. The third-order valence-corrected chi connectivity index (χ3v) is 3.23. The van der Waals surface area contributed by atoms with Gasteiger partial charge in [0, 0.05) is 25.0 Å². The number of hydrogen-bond acceptors (Lipinski definition) is 4. The molecule has 0 atom stereocenters. The molecule has 7 heteroatoms. The second kappa shape index (κ2) is 7.06. The Morgan fingerprint density at radius 1 is 1.44 bits per heavy atom. The standard InChI is InChI=1S/C11H18F3N3S/c1-3-15-6-10-16-9(8-18-10)7-17(2)5-4-11(12,13)14/h8,15H,3-7H2,1-2H3. The topological polar surface area (TPSA) is 28.2 Å². The van der Waals surface area contributed by atoms with E-state index in [1.165, 1.54) is 11.3 Å². The molecule has 1 aromatic heterocycles. The third kappa shape index (κ3) is 6.32. The van der Waals surface area contributed by atoms with E-state index >= 15 is 0 Å². The average molecular weight is 281 g/mol. The molecular weight excluding hydrogens is 263 g/mol. The van der Waals surface area contributed by atoms with Crippen LogP contribution < -0.4 is 5.32 Å². The van der Waals surface area contributed by atoms with Crippen molar-refractivity contribution in [1.82, 2.24) is 15.2 Å². The molecule has 0 aliphatic carbocycles. The predicted octanol–water partition coefficient (Wildman–Crippen LogP) is 2.64. The Kier molecular flexibility index (Phi) is 6.04. The average Bonchev–Trinajstić information content (AvgIpc) is 2.70. The van der Waals surface area contributed by atoms with Crippen molar-refractivity contribution >= 4 is 11.3 Å². The van der Waals surface area contributed by atoms with Crippen LogP contribution in [0.3, 0.4) is 0 Å². The molecule has 1 N–H and O–H groups in total. The number of alkyl halides is 3. The van der Waals surface area contributed by atoms with Gasteiger partial charge in [0.2, 0.25) is 0 Å². The molecule has 1 aromatic rings. The van der Waals surface area contributed by atoms with Gasteiger partial charge in [0.05, 0.1) is 12.1 Å². The molecule has 18 heavy (non-hydrogen) atoms. The zero-order valence-corrected chi connectivity index (χ0v) is 11.4.